The van der Waals surface area contributed by atoms with Crippen molar-refractivity contribution < 1.29 is 46.6 Å². The molecule has 13 heteroatoms. The van der Waals surface area contributed by atoms with Crippen molar-refractivity contribution in [3.8, 4) is 10.6 Å². The standard InChI is InChI=1S/C21H20N4O5S2.O.Tc/c26-17(10-22-20(30)15(9-19(28)29)24-18(27)11-31)23-13-7-5-12(6-8-13)21-25-14-3-1-2-4-16(14)32-21;;/h1-8,15H,9-11H2,(H5,22,23,24,25,26,27,28,29,30,31);;/q;;+4/p-4. The zero-order valence-electron chi connectivity index (χ0n) is 17.3. The van der Waals surface area contributed by atoms with E-state index >= 15 is 0 Å². The summed E-state index contributed by atoms with van der Waals surface area (Å²) in [6.45, 7) is -0.591. The molecule has 1 N–H and O–H groups in total. The van der Waals surface area contributed by atoms with Crippen LogP contribution in [0.3, 0.4) is 0 Å². The predicted molar refractivity (Wildman–Crippen MR) is 124 cm³/mol. The number of rotatable bonds is 9. The second kappa shape index (κ2) is 13.7. The van der Waals surface area contributed by atoms with Gasteiger partial charge in [-0.25, -0.2) is 4.98 Å². The normalized spacial score (nSPS) is 11.0. The van der Waals surface area contributed by atoms with Crippen molar-refractivity contribution in [1.29, 1.82) is 0 Å². The molecule has 0 aliphatic rings. The van der Waals surface area contributed by atoms with Gasteiger partial charge in [-0.15, -0.1) is 22.8 Å². The number of benzene rings is 2. The van der Waals surface area contributed by atoms with E-state index < -0.39 is 42.7 Å². The minimum atomic E-state index is -1.51. The van der Waals surface area contributed by atoms with Crippen molar-refractivity contribution in [3.05, 3.63) is 64.5 Å². The number of aromatic nitrogens is 1. The topological polar surface area (TPSA) is 161 Å². The molecule has 0 saturated heterocycles. The van der Waals surface area contributed by atoms with Crippen LogP contribution in [0.25, 0.3) is 36.7 Å². The Bertz CT molecular complexity index is 1140. The number of nitrogens with zero attached hydrogens (tertiary/aromatic N) is 4. The van der Waals surface area contributed by atoms with Gasteiger partial charge in [-0.3, -0.25) is 4.79 Å². The average Bonchev–Trinajstić information content (AvgIpc) is 3.28. The first-order valence-electron chi connectivity index (χ1n) is 9.46. The number of hydrogen-bond donors (Lipinski definition) is 1. The van der Waals surface area contributed by atoms with Crippen molar-refractivity contribution in [2.45, 2.75) is 12.5 Å². The maximum absolute atomic E-state index is 12.1. The molecule has 0 bridgehead atoms. The SMILES string of the molecule is O=C(O)CC([N-]C(=O)C[S-])C(=O)[N-]CC(=O)[N-]c1ccc(-c2nc3ccccc3s2)cc1.[O]=[Tc+4]. The Balaban J connectivity index is 0.00000199. The van der Waals surface area contributed by atoms with Crippen molar-refractivity contribution in [2.24, 2.45) is 0 Å². The van der Waals surface area contributed by atoms with Crippen LogP contribution in [0.2, 0.25) is 0 Å². The zero-order chi connectivity index (χ0) is 25.1. The first-order valence-corrected chi connectivity index (χ1v) is 11.6. The molecule has 0 aliphatic heterocycles. The fourth-order valence-electron chi connectivity index (χ4n) is 2.67. The van der Waals surface area contributed by atoms with E-state index in [0.717, 1.165) is 39.6 Å². The molecule has 0 radical (unpaired) electrons. The van der Waals surface area contributed by atoms with Crippen LogP contribution in [0.15, 0.2) is 48.5 Å². The Morgan fingerprint density at radius 3 is 2.32 bits per heavy atom. The van der Waals surface area contributed by atoms with Gasteiger partial charge in [0.15, 0.2) is 0 Å². The van der Waals surface area contributed by atoms with E-state index in [1.807, 2.05) is 24.3 Å². The molecule has 1 aromatic heterocycles. The van der Waals surface area contributed by atoms with Crippen molar-refractivity contribution in [2.75, 3.05) is 12.3 Å². The van der Waals surface area contributed by atoms with Gasteiger partial charge in [0.2, 0.25) is 0 Å². The molecule has 34 heavy (non-hydrogen) atoms. The van der Waals surface area contributed by atoms with Gasteiger partial charge in [-0.1, -0.05) is 49.0 Å². The number of amides is 3. The number of para-hydroxylation sites is 1. The second-order valence-corrected chi connectivity index (χ2v) is 7.79. The molecule has 2 aromatic carbocycles. The first kappa shape index (κ1) is 27.3. The third-order valence-electron chi connectivity index (χ3n) is 4.11. The van der Waals surface area contributed by atoms with Crippen LogP contribution in [-0.4, -0.2) is 52.1 Å². The number of thiazole rings is 1. The van der Waals surface area contributed by atoms with Crippen LogP contribution >= 0.6 is 11.3 Å². The molecule has 0 spiro atoms. The van der Waals surface area contributed by atoms with Crippen LogP contribution in [0.5, 0.6) is 0 Å². The third-order valence-corrected chi connectivity index (χ3v) is 5.44. The van der Waals surface area contributed by atoms with Gasteiger partial charge in [-0.05, 0) is 12.1 Å². The minimum absolute atomic E-state index is 0.371. The summed E-state index contributed by atoms with van der Waals surface area (Å²) in [4.78, 5) is 50.9. The van der Waals surface area contributed by atoms with Gasteiger partial charge in [0.05, 0.1) is 10.2 Å². The molecule has 1 unspecified atom stereocenters. The third kappa shape index (κ3) is 8.10. The molecule has 3 aromatic rings. The van der Waals surface area contributed by atoms with Crippen molar-refractivity contribution in [1.82, 2.24) is 4.98 Å². The van der Waals surface area contributed by atoms with E-state index in [2.05, 4.69) is 33.6 Å². The molecule has 0 fully saturated rings. The quantitative estimate of drug-likeness (QED) is 0.375. The summed E-state index contributed by atoms with van der Waals surface area (Å²) >= 11 is 6.98. The molecule has 1 heterocycles. The van der Waals surface area contributed by atoms with Gasteiger partial charge in [0.1, 0.15) is 5.01 Å². The predicted octanol–water partition coefficient (Wildman–Crippen LogP) is 3.56. The van der Waals surface area contributed by atoms with Gasteiger partial charge in [0.25, 0.3) is 0 Å². The Morgan fingerprint density at radius 1 is 1.03 bits per heavy atom. The van der Waals surface area contributed by atoms with E-state index in [9.17, 15) is 19.2 Å². The summed E-state index contributed by atoms with van der Waals surface area (Å²) in [5, 5.41) is 20.5. The summed E-state index contributed by atoms with van der Waals surface area (Å²) in [5.41, 5.74) is 2.16. The molecule has 175 valence electrons. The first-order chi connectivity index (χ1) is 16.4. The summed E-state index contributed by atoms with van der Waals surface area (Å²) in [7, 11) is 0. The van der Waals surface area contributed by atoms with Gasteiger partial charge >= 0.3 is 28.3 Å². The van der Waals surface area contributed by atoms with E-state index in [0.29, 0.717) is 5.69 Å². The average molecular weight is 583 g/mol. The number of carbonyl (C=O) groups is 4. The van der Waals surface area contributed by atoms with E-state index in [1.165, 1.54) is 0 Å². The molecule has 3 rings (SSSR count). The second-order valence-electron chi connectivity index (χ2n) is 6.47. The van der Waals surface area contributed by atoms with E-state index in [4.69, 9.17) is 8.61 Å². The van der Waals surface area contributed by atoms with E-state index in [-0.39, 0.29) is 5.75 Å². The van der Waals surface area contributed by atoms with Crippen molar-refractivity contribution in [3.63, 3.8) is 0 Å². The van der Waals surface area contributed by atoms with Crippen LogP contribution in [-0.2, 0) is 54.2 Å². The maximum atomic E-state index is 12.1. The fraction of sp³-hybridized carbons (Fsp3) is 0.190. The van der Waals surface area contributed by atoms with E-state index in [1.54, 1.807) is 35.6 Å². The number of fused-ring (bicyclic) bond motifs is 1. The number of carboxylic acids is 1. The molecule has 1 atom stereocenters. The Labute approximate surface area is 214 Å². The van der Waals surface area contributed by atoms with Gasteiger partial charge in [-0.2, -0.15) is 0 Å². The van der Waals surface area contributed by atoms with Crippen LogP contribution in [0.4, 0.5) is 5.69 Å². The van der Waals surface area contributed by atoms with Gasteiger partial charge in [0, 0.05) is 29.7 Å². The van der Waals surface area contributed by atoms with Crippen molar-refractivity contribution >= 4 is 63.6 Å². The molecular weight excluding hydrogens is 566 g/mol. The summed E-state index contributed by atoms with van der Waals surface area (Å²) in [6.07, 6.45) is -0.720. The van der Waals surface area contributed by atoms with Gasteiger partial charge < -0.3 is 48.1 Å². The number of aliphatic carboxylic acids is 1. The summed E-state index contributed by atoms with van der Waals surface area (Å²) < 4.78 is 9.29. The molecule has 10 nitrogen and oxygen atoms in total. The monoisotopic (exact) mass is 581 g/mol. The molecule has 3 amide bonds. The fourth-order valence-corrected chi connectivity index (χ4v) is 3.71. The van der Waals surface area contributed by atoms with Crippen LogP contribution < -0.4 is 0 Å². The number of hydrogen-bond acceptors (Lipinski definition) is 8. The zero-order valence-corrected chi connectivity index (χ0v) is 20.8. The Hall–Kier alpha value is -2.99. The number of carboxylic acid groups (broad SMARTS) is 1. The molecule has 0 aliphatic carbocycles. The molecular formula is C21H16N4O6S2Tc. The van der Waals surface area contributed by atoms with Crippen LogP contribution in [0.1, 0.15) is 6.42 Å². The summed E-state index contributed by atoms with van der Waals surface area (Å²) in [5.74, 6) is -4.19. The van der Waals surface area contributed by atoms with Crippen LogP contribution in [0, 0.1) is 0 Å². The number of carbonyl (C=O) groups excluding carboxylic acids is 3. The Kier molecular flexibility index (Phi) is 10.9. The summed E-state index contributed by atoms with van der Waals surface area (Å²) in [6, 6.07) is 13.1. The Morgan fingerprint density at radius 2 is 1.71 bits per heavy atom. The molecule has 0 saturated carbocycles.